The number of aliphatic hydroxyl groups is 1. The summed E-state index contributed by atoms with van der Waals surface area (Å²) >= 11 is 0. The van der Waals surface area contributed by atoms with Crippen molar-refractivity contribution in [1.29, 1.82) is 0 Å². The zero-order valence-electron chi connectivity index (χ0n) is 8.61. The minimum atomic E-state index is -0.104. The van der Waals surface area contributed by atoms with E-state index in [0.717, 1.165) is 51.6 Å². The summed E-state index contributed by atoms with van der Waals surface area (Å²) in [5, 5.41) is 9.63. The fraction of sp³-hybridized carbons (Fsp3) is 0.909. The molecule has 0 spiro atoms. The van der Waals surface area contributed by atoms with Gasteiger partial charge in [-0.1, -0.05) is 6.42 Å². The normalized spacial score (nSPS) is 32.9. The van der Waals surface area contributed by atoms with Gasteiger partial charge in [-0.15, -0.1) is 0 Å². The Hall–Kier alpha value is -0.570. The molecule has 2 atom stereocenters. The van der Waals surface area contributed by atoms with Crippen molar-refractivity contribution in [3.8, 4) is 0 Å². The fourth-order valence-corrected chi connectivity index (χ4v) is 2.62. The van der Waals surface area contributed by atoms with E-state index in [9.17, 15) is 9.90 Å². The van der Waals surface area contributed by atoms with Gasteiger partial charge in [-0.25, -0.2) is 0 Å². The summed E-state index contributed by atoms with van der Waals surface area (Å²) in [7, 11) is 0. The first-order valence-corrected chi connectivity index (χ1v) is 5.73. The molecule has 1 amide bonds. The Morgan fingerprint density at radius 1 is 1.36 bits per heavy atom. The van der Waals surface area contributed by atoms with E-state index < -0.39 is 0 Å². The Balaban J connectivity index is 1.73. The van der Waals surface area contributed by atoms with Gasteiger partial charge in [0.25, 0.3) is 0 Å². The molecule has 1 saturated heterocycles. The van der Waals surface area contributed by atoms with E-state index in [-0.39, 0.29) is 6.10 Å². The third-order valence-electron chi connectivity index (χ3n) is 3.56. The third kappa shape index (κ3) is 2.08. The predicted molar refractivity (Wildman–Crippen MR) is 53.8 cm³/mol. The van der Waals surface area contributed by atoms with Gasteiger partial charge in [0.1, 0.15) is 0 Å². The monoisotopic (exact) mass is 197 g/mol. The average molecular weight is 197 g/mol. The lowest BCUT2D eigenvalue weighted by Crippen LogP contribution is -2.28. The Kier molecular flexibility index (Phi) is 3.06. The van der Waals surface area contributed by atoms with Gasteiger partial charge in [0.2, 0.25) is 5.91 Å². The Morgan fingerprint density at radius 2 is 2.21 bits per heavy atom. The highest BCUT2D eigenvalue weighted by Gasteiger charge is 2.27. The molecule has 0 aromatic heterocycles. The number of carbonyl (C=O) groups excluding carboxylic acids is 1. The molecule has 80 valence electrons. The molecule has 3 nitrogen and oxygen atoms in total. The Labute approximate surface area is 85.1 Å². The summed E-state index contributed by atoms with van der Waals surface area (Å²) < 4.78 is 0. The van der Waals surface area contributed by atoms with E-state index in [2.05, 4.69) is 0 Å². The van der Waals surface area contributed by atoms with Crippen molar-refractivity contribution in [2.75, 3.05) is 13.1 Å². The van der Waals surface area contributed by atoms with Gasteiger partial charge in [0, 0.05) is 19.5 Å². The average Bonchev–Trinajstić information content (AvgIpc) is 2.72. The van der Waals surface area contributed by atoms with Gasteiger partial charge >= 0.3 is 0 Å². The van der Waals surface area contributed by atoms with E-state index >= 15 is 0 Å². The quantitative estimate of drug-likeness (QED) is 0.737. The van der Waals surface area contributed by atoms with Crippen LogP contribution < -0.4 is 0 Å². The largest absolute Gasteiger partial charge is 0.393 e. The lowest BCUT2D eigenvalue weighted by atomic mass is 10.0. The molecule has 0 bridgehead atoms. The third-order valence-corrected chi connectivity index (χ3v) is 3.56. The van der Waals surface area contributed by atoms with Crippen molar-refractivity contribution in [3.63, 3.8) is 0 Å². The molecule has 3 heteroatoms. The first-order chi connectivity index (χ1) is 6.77. The van der Waals surface area contributed by atoms with Crippen LogP contribution in [0.3, 0.4) is 0 Å². The van der Waals surface area contributed by atoms with Crippen LogP contribution in [0.15, 0.2) is 0 Å². The number of amides is 1. The van der Waals surface area contributed by atoms with Gasteiger partial charge in [0.05, 0.1) is 6.10 Å². The van der Waals surface area contributed by atoms with Crippen molar-refractivity contribution in [1.82, 2.24) is 4.90 Å². The van der Waals surface area contributed by atoms with E-state index in [0.29, 0.717) is 11.8 Å². The molecule has 2 fully saturated rings. The second-order valence-corrected chi connectivity index (χ2v) is 4.53. The van der Waals surface area contributed by atoms with Crippen molar-refractivity contribution < 1.29 is 9.90 Å². The Bertz CT molecular complexity index is 217. The number of carbonyl (C=O) groups is 1. The lowest BCUT2D eigenvalue weighted by molar-refractivity contribution is -0.127. The molecule has 0 aromatic carbocycles. The van der Waals surface area contributed by atoms with Gasteiger partial charge < -0.3 is 10.0 Å². The molecule has 2 unspecified atom stereocenters. The zero-order chi connectivity index (χ0) is 9.97. The molecule has 14 heavy (non-hydrogen) atoms. The second kappa shape index (κ2) is 4.30. The van der Waals surface area contributed by atoms with E-state index in [1.807, 2.05) is 4.90 Å². The topological polar surface area (TPSA) is 40.5 Å². The molecular formula is C11H19NO2. The maximum absolute atomic E-state index is 11.3. The maximum Gasteiger partial charge on any atom is 0.222 e. The number of hydrogen-bond donors (Lipinski definition) is 1. The summed E-state index contributed by atoms with van der Waals surface area (Å²) in [6, 6.07) is 0. The van der Waals surface area contributed by atoms with Crippen LogP contribution in [0.1, 0.15) is 38.5 Å². The summed E-state index contributed by atoms with van der Waals surface area (Å²) in [6.07, 6.45) is 5.89. The van der Waals surface area contributed by atoms with Crippen LogP contribution >= 0.6 is 0 Å². The first kappa shape index (κ1) is 9.97. The predicted octanol–water partition coefficient (Wildman–Crippen LogP) is 1.16. The molecular weight excluding hydrogens is 178 g/mol. The van der Waals surface area contributed by atoms with Crippen LogP contribution in [0.5, 0.6) is 0 Å². The highest BCUT2D eigenvalue weighted by molar-refractivity contribution is 5.77. The number of rotatable bonds is 3. The van der Waals surface area contributed by atoms with Crippen LogP contribution in [0.4, 0.5) is 0 Å². The van der Waals surface area contributed by atoms with Crippen molar-refractivity contribution in [2.24, 2.45) is 5.92 Å². The van der Waals surface area contributed by atoms with E-state index in [1.165, 1.54) is 0 Å². The molecule has 1 saturated carbocycles. The molecule has 1 heterocycles. The minimum Gasteiger partial charge on any atom is -0.393 e. The highest BCUT2D eigenvalue weighted by Crippen LogP contribution is 2.28. The van der Waals surface area contributed by atoms with Crippen LogP contribution in [-0.2, 0) is 4.79 Å². The van der Waals surface area contributed by atoms with Crippen LogP contribution in [0.2, 0.25) is 0 Å². The fourth-order valence-electron chi connectivity index (χ4n) is 2.62. The number of nitrogens with zero attached hydrogens (tertiary/aromatic N) is 1. The highest BCUT2D eigenvalue weighted by atomic mass is 16.3. The molecule has 1 N–H and O–H groups in total. The number of aliphatic hydroxyl groups excluding tert-OH is 1. The SMILES string of the molecule is O=C1CCCN1CCC1CCCC1O. The van der Waals surface area contributed by atoms with Gasteiger partial charge in [-0.3, -0.25) is 4.79 Å². The smallest absolute Gasteiger partial charge is 0.222 e. The van der Waals surface area contributed by atoms with Gasteiger partial charge in [-0.2, -0.15) is 0 Å². The summed E-state index contributed by atoms with van der Waals surface area (Å²) in [5.41, 5.74) is 0. The molecule has 0 aromatic rings. The Morgan fingerprint density at radius 3 is 2.79 bits per heavy atom. The molecule has 2 aliphatic rings. The maximum atomic E-state index is 11.3. The standard InChI is InChI=1S/C11H19NO2/c13-10-4-1-3-9(10)6-8-12-7-2-5-11(12)14/h9-10,13H,1-8H2. The summed E-state index contributed by atoms with van der Waals surface area (Å²) in [5.74, 6) is 0.751. The van der Waals surface area contributed by atoms with Crippen molar-refractivity contribution in [2.45, 2.75) is 44.6 Å². The zero-order valence-corrected chi connectivity index (χ0v) is 8.61. The number of hydrogen-bond acceptors (Lipinski definition) is 2. The summed E-state index contributed by atoms with van der Waals surface area (Å²) in [6.45, 7) is 1.79. The number of likely N-dealkylation sites (tertiary alicyclic amines) is 1. The van der Waals surface area contributed by atoms with Crippen LogP contribution in [0, 0.1) is 5.92 Å². The van der Waals surface area contributed by atoms with E-state index in [4.69, 9.17) is 0 Å². The molecule has 1 aliphatic heterocycles. The van der Waals surface area contributed by atoms with Gasteiger partial charge in [0.15, 0.2) is 0 Å². The van der Waals surface area contributed by atoms with Gasteiger partial charge in [-0.05, 0) is 31.6 Å². The van der Waals surface area contributed by atoms with Crippen LogP contribution in [-0.4, -0.2) is 35.1 Å². The minimum absolute atomic E-state index is 0.104. The van der Waals surface area contributed by atoms with Crippen molar-refractivity contribution >= 4 is 5.91 Å². The first-order valence-electron chi connectivity index (χ1n) is 5.73. The lowest BCUT2D eigenvalue weighted by Gasteiger charge is -2.20. The molecule has 1 aliphatic carbocycles. The summed E-state index contributed by atoms with van der Waals surface area (Å²) in [4.78, 5) is 13.3. The van der Waals surface area contributed by atoms with Crippen molar-refractivity contribution in [3.05, 3.63) is 0 Å². The van der Waals surface area contributed by atoms with Crippen LogP contribution in [0.25, 0.3) is 0 Å². The second-order valence-electron chi connectivity index (χ2n) is 4.53. The molecule has 2 rings (SSSR count). The molecule has 0 radical (unpaired) electrons. The van der Waals surface area contributed by atoms with E-state index in [1.54, 1.807) is 0 Å².